The number of halogens is 3. The Kier molecular flexibility index (Phi) is 1.98. The Hall–Kier alpha value is -1.04. The molecule has 1 aliphatic rings. The smallest absolute Gasteiger partial charge is 0.260 e. The van der Waals surface area contributed by atoms with Crippen LogP contribution in [0, 0.1) is 0 Å². The average molecular weight is 302 g/mol. The molecule has 1 unspecified atom stereocenters. The van der Waals surface area contributed by atoms with Crippen LogP contribution in [0.5, 0.6) is 0 Å². The van der Waals surface area contributed by atoms with Crippen molar-refractivity contribution in [2.75, 3.05) is 0 Å². The van der Waals surface area contributed by atoms with Crippen molar-refractivity contribution in [2.45, 2.75) is 24.7 Å². The summed E-state index contributed by atoms with van der Waals surface area (Å²) in [6.07, 6.45) is 1.46. The van der Waals surface area contributed by atoms with Crippen molar-refractivity contribution in [1.82, 2.24) is 14.5 Å². The lowest BCUT2D eigenvalue weighted by atomic mass is 10.1. The summed E-state index contributed by atoms with van der Waals surface area (Å²) in [4.78, 5) is 8.43. The zero-order chi connectivity index (χ0) is 12.4. The minimum Gasteiger partial charge on any atom is -0.331 e. The molecular weight excluding hydrogens is 292 g/mol. The summed E-state index contributed by atoms with van der Waals surface area (Å²) in [5, 5.41) is 0. The Balaban J connectivity index is 2.23. The maximum atomic E-state index is 13.4. The molecule has 0 aromatic carbocycles. The Labute approximate surface area is 105 Å². The van der Waals surface area contributed by atoms with Crippen LogP contribution < -0.4 is 0 Å². The maximum Gasteiger partial charge on any atom is 0.260 e. The van der Waals surface area contributed by atoms with Gasteiger partial charge in [-0.2, -0.15) is 0 Å². The minimum absolute atomic E-state index is 0.106. The molecule has 0 N–H and O–H groups in total. The monoisotopic (exact) mass is 301 g/mol. The second-order valence-corrected chi connectivity index (χ2v) is 5.52. The standard InChI is InChI=1S/C11H10BrF2N3/c1-10(5-11(10,13)14)7-3-6-9(17(7)2)16-8(12)4-15-6/h3-4H,5H2,1-2H3. The topological polar surface area (TPSA) is 30.7 Å². The number of nitrogens with zero attached hydrogens (tertiary/aromatic N) is 3. The molecule has 6 heteroatoms. The zero-order valence-corrected chi connectivity index (χ0v) is 10.9. The lowest BCUT2D eigenvalue weighted by molar-refractivity contribution is 0.0904. The quantitative estimate of drug-likeness (QED) is 0.810. The lowest BCUT2D eigenvalue weighted by Crippen LogP contribution is -2.15. The minimum atomic E-state index is -2.62. The Morgan fingerprint density at radius 1 is 1.47 bits per heavy atom. The van der Waals surface area contributed by atoms with Crippen molar-refractivity contribution in [1.29, 1.82) is 0 Å². The molecule has 1 fully saturated rings. The molecule has 0 bridgehead atoms. The zero-order valence-electron chi connectivity index (χ0n) is 9.34. The highest BCUT2D eigenvalue weighted by Crippen LogP contribution is 2.61. The first-order valence-corrected chi connectivity index (χ1v) is 6.01. The normalized spacial score (nSPS) is 26.4. The molecule has 2 aromatic rings. The van der Waals surface area contributed by atoms with E-state index in [1.54, 1.807) is 30.8 Å². The van der Waals surface area contributed by atoms with Crippen LogP contribution in [0.15, 0.2) is 16.9 Å². The molecule has 0 spiro atoms. The third-order valence-electron chi connectivity index (χ3n) is 3.53. The van der Waals surface area contributed by atoms with Gasteiger partial charge in [-0.25, -0.2) is 13.8 Å². The summed E-state index contributed by atoms with van der Waals surface area (Å²) in [6, 6.07) is 1.70. The van der Waals surface area contributed by atoms with Crippen LogP contribution in [-0.4, -0.2) is 20.5 Å². The van der Waals surface area contributed by atoms with Gasteiger partial charge in [0.1, 0.15) is 10.1 Å². The molecule has 3 nitrogen and oxygen atoms in total. The predicted molar refractivity (Wildman–Crippen MR) is 63.1 cm³/mol. The van der Waals surface area contributed by atoms with Gasteiger partial charge in [-0.3, -0.25) is 4.98 Å². The van der Waals surface area contributed by atoms with Gasteiger partial charge >= 0.3 is 0 Å². The largest absolute Gasteiger partial charge is 0.331 e. The number of alkyl halides is 2. The van der Waals surface area contributed by atoms with Gasteiger partial charge < -0.3 is 4.57 Å². The number of fused-ring (bicyclic) bond motifs is 1. The first-order chi connectivity index (χ1) is 7.85. The highest BCUT2D eigenvalue weighted by atomic mass is 79.9. The average Bonchev–Trinajstić information content (AvgIpc) is 2.60. The van der Waals surface area contributed by atoms with E-state index >= 15 is 0 Å². The van der Waals surface area contributed by atoms with Crippen molar-refractivity contribution < 1.29 is 8.78 Å². The van der Waals surface area contributed by atoms with E-state index in [2.05, 4.69) is 25.9 Å². The van der Waals surface area contributed by atoms with E-state index in [0.29, 0.717) is 21.5 Å². The summed E-state index contributed by atoms with van der Waals surface area (Å²) in [5.41, 5.74) is 0.792. The van der Waals surface area contributed by atoms with Crippen LogP contribution in [0.3, 0.4) is 0 Å². The van der Waals surface area contributed by atoms with Crippen LogP contribution >= 0.6 is 15.9 Å². The molecule has 0 radical (unpaired) electrons. The number of rotatable bonds is 1. The molecule has 90 valence electrons. The molecule has 1 saturated carbocycles. The first kappa shape index (κ1) is 11.1. The fourth-order valence-electron chi connectivity index (χ4n) is 2.26. The summed E-state index contributed by atoms with van der Waals surface area (Å²) in [5.74, 6) is -2.62. The highest BCUT2D eigenvalue weighted by molar-refractivity contribution is 9.10. The summed E-state index contributed by atoms with van der Waals surface area (Å²) >= 11 is 3.23. The van der Waals surface area contributed by atoms with E-state index < -0.39 is 11.3 Å². The summed E-state index contributed by atoms with van der Waals surface area (Å²) in [7, 11) is 1.75. The van der Waals surface area contributed by atoms with E-state index in [0.717, 1.165) is 0 Å². The molecule has 0 saturated heterocycles. The third-order valence-corrected chi connectivity index (χ3v) is 3.91. The third kappa shape index (κ3) is 1.36. The number of hydrogen-bond acceptors (Lipinski definition) is 2. The van der Waals surface area contributed by atoms with Gasteiger partial charge in [0.25, 0.3) is 5.92 Å². The van der Waals surface area contributed by atoms with Gasteiger partial charge in [0.05, 0.1) is 11.6 Å². The Bertz CT molecular complexity index is 622. The number of aryl methyl sites for hydroxylation is 1. The van der Waals surface area contributed by atoms with E-state index in [4.69, 9.17) is 0 Å². The Morgan fingerprint density at radius 2 is 2.12 bits per heavy atom. The second kappa shape index (κ2) is 3.04. The molecular formula is C11H10BrF2N3. The van der Waals surface area contributed by atoms with Crippen LogP contribution in [0.1, 0.15) is 19.0 Å². The van der Waals surface area contributed by atoms with Gasteiger partial charge in [-0.1, -0.05) is 0 Å². The number of aromatic nitrogens is 3. The molecule has 2 aromatic heterocycles. The van der Waals surface area contributed by atoms with Crippen LogP contribution in [0.2, 0.25) is 0 Å². The van der Waals surface area contributed by atoms with Gasteiger partial charge in [0, 0.05) is 19.2 Å². The molecule has 1 atom stereocenters. The van der Waals surface area contributed by atoms with Crippen molar-refractivity contribution >= 4 is 27.1 Å². The van der Waals surface area contributed by atoms with Gasteiger partial charge in [0.15, 0.2) is 5.65 Å². The molecule has 3 rings (SSSR count). The van der Waals surface area contributed by atoms with Crippen molar-refractivity contribution in [3.8, 4) is 0 Å². The van der Waals surface area contributed by atoms with Gasteiger partial charge in [-0.05, 0) is 28.9 Å². The fraction of sp³-hybridized carbons (Fsp3) is 0.455. The van der Waals surface area contributed by atoms with Gasteiger partial charge in [-0.15, -0.1) is 0 Å². The van der Waals surface area contributed by atoms with E-state index in [1.807, 2.05) is 0 Å². The molecule has 2 heterocycles. The van der Waals surface area contributed by atoms with Crippen LogP contribution in [-0.2, 0) is 12.5 Å². The van der Waals surface area contributed by atoms with E-state index in [1.165, 1.54) is 0 Å². The molecule has 0 amide bonds. The van der Waals surface area contributed by atoms with Crippen LogP contribution in [0.4, 0.5) is 8.78 Å². The van der Waals surface area contributed by atoms with Crippen molar-refractivity contribution in [3.63, 3.8) is 0 Å². The maximum absolute atomic E-state index is 13.4. The van der Waals surface area contributed by atoms with Gasteiger partial charge in [0.2, 0.25) is 0 Å². The van der Waals surface area contributed by atoms with Crippen molar-refractivity contribution in [3.05, 3.63) is 22.6 Å². The van der Waals surface area contributed by atoms with E-state index in [-0.39, 0.29) is 6.42 Å². The molecule has 1 aliphatic carbocycles. The fourth-order valence-corrected chi connectivity index (χ4v) is 2.53. The van der Waals surface area contributed by atoms with E-state index in [9.17, 15) is 8.78 Å². The number of hydrogen-bond donors (Lipinski definition) is 0. The summed E-state index contributed by atoms with van der Waals surface area (Å²) < 4.78 is 29.1. The summed E-state index contributed by atoms with van der Waals surface area (Å²) in [6.45, 7) is 1.58. The highest BCUT2D eigenvalue weighted by Gasteiger charge is 2.69. The van der Waals surface area contributed by atoms with Crippen molar-refractivity contribution in [2.24, 2.45) is 7.05 Å². The second-order valence-electron chi connectivity index (χ2n) is 4.70. The predicted octanol–water partition coefficient (Wildman–Crippen LogP) is 3.03. The first-order valence-electron chi connectivity index (χ1n) is 5.21. The SMILES string of the molecule is Cn1c(C2(C)CC2(F)F)cc2ncc(Br)nc21. The van der Waals surface area contributed by atoms with Crippen LogP contribution in [0.25, 0.3) is 11.2 Å². The molecule has 0 aliphatic heterocycles. The molecule has 17 heavy (non-hydrogen) atoms. The Morgan fingerprint density at radius 3 is 2.71 bits per heavy atom. The lowest BCUT2D eigenvalue weighted by Gasteiger charge is -2.11.